The SMILES string of the molecule is CCc1ccc(Cl)c(CC)c1NC(=O)NC(C)c1ccncc1. The zero-order valence-corrected chi connectivity index (χ0v) is 14.4. The summed E-state index contributed by atoms with van der Waals surface area (Å²) in [4.78, 5) is 16.3. The van der Waals surface area contributed by atoms with Gasteiger partial charge in [0.1, 0.15) is 0 Å². The predicted octanol–water partition coefficient (Wildman–Crippen LogP) is 4.74. The summed E-state index contributed by atoms with van der Waals surface area (Å²) < 4.78 is 0. The van der Waals surface area contributed by atoms with Gasteiger partial charge >= 0.3 is 6.03 Å². The molecule has 5 heteroatoms. The first kappa shape index (κ1) is 17.3. The van der Waals surface area contributed by atoms with Crippen molar-refractivity contribution < 1.29 is 4.79 Å². The van der Waals surface area contributed by atoms with Crippen molar-refractivity contribution in [2.45, 2.75) is 39.7 Å². The van der Waals surface area contributed by atoms with Crippen LogP contribution in [0.5, 0.6) is 0 Å². The van der Waals surface area contributed by atoms with Gasteiger partial charge in [0.05, 0.1) is 11.7 Å². The minimum Gasteiger partial charge on any atom is -0.331 e. The zero-order chi connectivity index (χ0) is 16.8. The monoisotopic (exact) mass is 331 g/mol. The fraction of sp³-hybridized carbons (Fsp3) is 0.333. The van der Waals surface area contributed by atoms with Gasteiger partial charge in [-0.2, -0.15) is 0 Å². The normalized spacial score (nSPS) is 11.8. The molecule has 1 heterocycles. The standard InChI is InChI=1S/C18H22ClN3O/c1-4-13-6-7-16(19)15(5-2)17(13)22-18(23)21-12(3)14-8-10-20-11-9-14/h6-12H,4-5H2,1-3H3,(H2,21,22,23). The van der Waals surface area contributed by atoms with Gasteiger partial charge in [-0.25, -0.2) is 4.79 Å². The number of benzene rings is 1. The highest BCUT2D eigenvalue weighted by Crippen LogP contribution is 2.29. The Hall–Kier alpha value is -2.07. The van der Waals surface area contributed by atoms with Crippen LogP contribution in [0, 0.1) is 0 Å². The molecule has 0 aliphatic rings. The van der Waals surface area contributed by atoms with Gasteiger partial charge in [0.15, 0.2) is 0 Å². The maximum atomic E-state index is 12.4. The van der Waals surface area contributed by atoms with Gasteiger partial charge in [0.25, 0.3) is 0 Å². The molecule has 1 atom stereocenters. The van der Waals surface area contributed by atoms with E-state index in [1.165, 1.54) is 0 Å². The first-order valence-corrected chi connectivity index (χ1v) is 8.22. The molecule has 2 aromatic rings. The fourth-order valence-electron chi connectivity index (χ4n) is 2.55. The van der Waals surface area contributed by atoms with Gasteiger partial charge in [0.2, 0.25) is 0 Å². The number of hydrogen-bond acceptors (Lipinski definition) is 2. The number of rotatable bonds is 5. The van der Waals surface area contributed by atoms with Crippen molar-refractivity contribution in [3.63, 3.8) is 0 Å². The summed E-state index contributed by atoms with van der Waals surface area (Å²) in [5, 5.41) is 6.60. The Morgan fingerprint density at radius 2 is 1.87 bits per heavy atom. The second kappa shape index (κ2) is 7.97. The smallest absolute Gasteiger partial charge is 0.319 e. The van der Waals surface area contributed by atoms with Crippen LogP contribution in [0.3, 0.4) is 0 Å². The first-order chi connectivity index (χ1) is 11.1. The molecule has 0 spiro atoms. The molecule has 0 radical (unpaired) electrons. The fourth-order valence-corrected chi connectivity index (χ4v) is 2.84. The zero-order valence-electron chi connectivity index (χ0n) is 13.7. The maximum absolute atomic E-state index is 12.4. The van der Waals surface area contributed by atoms with Crippen LogP contribution in [0.2, 0.25) is 5.02 Å². The largest absolute Gasteiger partial charge is 0.331 e. The maximum Gasteiger partial charge on any atom is 0.319 e. The number of halogens is 1. The third kappa shape index (κ3) is 4.23. The van der Waals surface area contributed by atoms with Crippen molar-refractivity contribution in [2.24, 2.45) is 0 Å². The van der Waals surface area contributed by atoms with Crippen LogP contribution >= 0.6 is 11.6 Å². The number of nitrogens with one attached hydrogen (secondary N) is 2. The number of pyridine rings is 1. The highest BCUT2D eigenvalue weighted by Gasteiger charge is 2.15. The third-order valence-corrected chi connectivity index (χ3v) is 4.22. The summed E-state index contributed by atoms with van der Waals surface area (Å²) in [7, 11) is 0. The molecule has 1 aromatic carbocycles. The molecule has 0 aliphatic heterocycles. The van der Waals surface area contributed by atoms with Crippen molar-refractivity contribution in [3.8, 4) is 0 Å². The molecule has 0 saturated carbocycles. The Kier molecular flexibility index (Phi) is 5.99. The number of aryl methyl sites for hydroxylation is 1. The van der Waals surface area contributed by atoms with Gasteiger partial charge < -0.3 is 10.6 Å². The number of nitrogens with zero attached hydrogens (tertiary/aromatic N) is 1. The van der Waals surface area contributed by atoms with Crippen molar-refractivity contribution in [2.75, 3.05) is 5.32 Å². The molecule has 2 N–H and O–H groups in total. The molecule has 122 valence electrons. The third-order valence-electron chi connectivity index (χ3n) is 3.87. The van der Waals surface area contributed by atoms with E-state index in [2.05, 4.69) is 22.5 Å². The number of amides is 2. The predicted molar refractivity (Wildman–Crippen MR) is 95.0 cm³/mol. The molecule has 2 amide bonds. The average Bonchev–Trinajstić information content (AvgIpc) is 2.56. The lowest BCUT2D eigenvalue weighted by atomic mass is 10.0. The van der Waals surface area contributed by atoms with E-state index < -0.39 is 0 Å². The average molecular weight is 332 g/mol. The van der Waals surface area contributed by atoms with Crippen LogP contribution in [0.25, 0.3) is 0 Å². The molecule has 1 unspecified atom stereocenters. The summed E-state index contributed by atoms with van der Waals surface area (Å²) in [6, 6.07) is 7.29. The molecule has 0 saturated heterocycles. The van der Waals surface area contributed by atoms with Crippen LogP contribution in [-0.4, -0.2) is 11.0 Å². The number of urea groups is 1. The van der Waals surface area contributed by atoms with Gasteiger partial charge in [-0.3, -0.25) is 4.98 Å². The van der Waals surface area contributed by atoms with Crippen molar-refractivity contribution >= 4 is 23.3 Å². The Labute approximate surface area is 142 Å². The van der Waals surface area contributed by atoms with E-state index in [-0.39, 0.29) is 12.1 Å². The molecular weight excluding hydrogens is 310 g/mol. The number of carbonyl (C=O) groups is 1. The summed E-state index contributed by atoms with van der Waals surface area (Å²) in [5.74, 6) is 0. The van der Waals surface area contributed by atoms with E-state index in [1.54, 1.807) is 12.4 Å². The Bertz CT molecular complexity index is 673. The summed E-state index contributed by atoms with van der Waals surface area (Å²) in [6.45, 7) is 6.03. The van der Waals surface area contributed by atoms with Gasteiger partial charge in [-0.15, -0.1) is 0 Å². The van der Waals surface area contributed by atoms with Gasteiger partial charge in [0, 0.05) is 17.4 Å². The number of carbonyl (C=O) groups excluding carboxylic acids is 1. The Morgan fingerprint density at radius 1 is 1.17 bits per heavy atom. The van der Waals surface area contributed by atoms with E-state index >= 15 is 0 Å². The molecular formula is C18H22ClN3O. The van der Waals surface area contributed by atoms with Crippen LogP contribution in [0.1, 0.15) is 43.5 Å². The molecule has 0 fully saturated rings. The summed E-state index contributed by atoms with van der Waals surface area (Å²) in [6.07, 6.45) is 5.03. The van der Waals surface area contributed by atoms with Gasteiger partial charge in [-0.05, 0) is 54.7 Å². The minimum atomic E-state index is -0.235. The van der Waals surface area contributed by atoms with E-state index in [0.717, 1.165) is 35.2 Å². The summed E-state index contributed by atoms with van der Waals surface area (Å²) >= 11 is 6.26. The summed E-state index contributed by atoms with van der Waals surface area (Å²) in [5.41, 5.74) is 3.88. The lowest BCUT2D eigenvalue weighted by Crippen LogP contribution is -2.31. The molecule has 1 aromatic heterocycles. The van der Waals surface area contributed by atoms with Crippen LogP contribution in [-0.2, 0) is 12.8 Å². The van der Waals surface area contributed by atoms with Crippen molar-refractivity contribution in [1.82, 2.24) is 10.3 Å². The molecule has 0 aliphatic carbocycles. The van der Waals surface area contributed by atoms with Crippen molar-refractivity contribution in [3.05, 3.63) is 58.4 Å². The van der Waals surface area contributed by atoms with E-state index in [9.17, 15) is 4.79 Å². The number of anilines is 1. The Balaban J connectivity index is 2.15. The van der Waals surface area contributed by atoms with Crippen LogP contribution in [0.4, 0.5) is 10.5 Å². The first-order valence-electron chi connectivity index (χ1n) is 7.84. The highest BCUT2D eigenvalue weighted by atomic mass is 35.5. The van der Waals surface area contributed by atoms with E-state index in [4.69, 9.17) is 11.6 Å². The van der Waals surface area contributed by atoms with E-state index in [1.807, 2.05) is 38.1 Å². The number of aromatic nitrogens is 1. The quantitative estimate of drug-likeness (QED) is 0.831. The lowest BCUT2D eigenvalue weighted by molar-refractivity contribution is 0.249. The van der Waals surface area contributed by atoms with Crippen LogP contribution in [0.15, 0.2) is 36.7 Å². The minimum absolute atomic E-state index is 0.104. The van der Waals surface area contributed by atoms with E-state index in [0.29, 0.717) is 5.02 Å². The second-order valence-electron chi connectivity index (χ2n) is 5.37. The lowest BCUT2D eigenvalue weighted by Gasteiger charge is -2.19. The Morgan fingerprint density at radius 3 is 2.48 bits per heavy atom. The molecule has 0 bridgehead atoms. The molecule has 4 nitrogen and oxygen atoms in total. The van der Waals surface area contributed by atoms with Crippen LogP contribution < -0.4 is 10.6 Å². The van der Waals surface area contributed by atoms with Gasteiger partial charge in [-0.1, -0.05) is 31.5 Å². The number of hydrogen-bond donors (Lipinski definition) is 2. The second-order valence-corrected chi connectivity index (χ2v) is 5.78. The van der Waals surface area contributed by atoms with Crippen molar-refractivity contribution in [1.29, 1.82) is 0 Å². The molecule has 23 heavy (non-hydrogen) atoms. The topological polar surface area (TPSA) is 54.0 Å². The molecule has 2 rings (SSSR count). The highest BCUT2D eigenvalue weighted by molar-refractivity contribution is 6.31.